The minimum absolute atomic E-state index is 0.237. The van der Waals surface area contributed by atoms with Crippen molar-refractivity contribution in [3.05, 3.63) is 18.1 Å². The molecule has 0 radical (unpaired) electrons. The van der Waals surface area contributed by atoms with Crippen molar-refractivity contribution in [2.45, 2.75) is 23.1 Å². The third-order valence-corrected chi connectivity index (χ3v) is 4.35. The lowest BCUT2D eigenvalue weighted by atomic mass is 10.1. The van der Waals surface area contributed by atoms with Crippen LogP contribution in [0.1, 0.15) is 11.7 Å². The molecule has 3 rings (SSSR count). The van der Waals surface area contributed by atoms with Gasteiger partial charge in [-0.2, -0.15) is 0 Å². The van der Waals surface area contributed by atoms with Crippen LogP contribution in [0.2, 0.25) is 0 Å². The van der Waals surface area contributed by atoms with Gasteiger partial charge in [-0.15, -0.1) is 0 Å². The quantitative estimate of drug-likeness (QED) is 0.581. The third-order valence-electron chi connectivity index (χ3n) is 3.33. The van der Waals surface area contributed by atoms with Gasteiger partial charge in [0.25, 0.3) is 0 Å². The molecular weight excluding hydrogens is 316 g/mol. The van der Waals surface area contributed by atoms with Crippen molar-refractivity contribution in [2.75, 3.05) is 12.3 Å². The third kappa shape index (κ3) is 1.91. The van der Waals surface area contributed by atoms with Gasteiger partial charge in [0.05, 0.1) is 23.1 Å². The second-order valence-corrected chi connectivity index (χ2v) is 5.50. The zero-order chi connectivity index (χ0) is 13.6. The van der Waals surface area contributed by atoms with E-state index in [9.17, 15) is 5.11 Å². The van der Waals surface area contributed by atoms with Gasteiger partial charge >= 0.3 is 0 Å². The molecule has 5 N–H and O–H groups in total. The SMILES string of the molecule is Nc1ncnc2c([C@@H]3O[C@H](CO)[C@@H](O)[C@@H]3Br)c[nH]c12. The van der Waals surface area contributed by atoms with Gasteiger partial charge in [0, 0.05) is 11.8 Å². The standard InChI is InChI=1S/C11H13BrN4O3/c12-6-9(18)5(2-17)19-10(6)4-1-14-8-7(4)15-3-16-11(8)13/h1,3,5-6,9-10,14,17-18H,2H2,(H2,13,15,16)/t5-,6+,9-,10+/m1/s1. The number of alkyl halides is 1. The summed E-state index contributed by atoms with van der Waals surface area (Å²) in [6.07, 6.45) is 1.32. The number of nitrogen functional groups attached to an aromatic ring is 1. The van der Waals surface area contributed by atoms with E-state index in [2.05, 4.69) is 30.9 Å². The molecule has 0 saturated carbocycles. The van der Waals surface area contributed by atoms with E-state index in [1.807, 2.05) is 0 Å². The number of anilines is 1. The average Bonchev–Trinajstić information content (AvgIpc) is 2.94. The molecule has 8 heteroatoms. The maximum Gasteiger partial charge on any atom is 0.151 e. The molecular formula is C11H13BrN4O3. The number of hydrogen-bond donors (Lipinski definition) is 4. The Bertz CT molecular complexity index is 605. The van der Waals surface area contributed by atoms with Crippen LogP contribution in [0, 0.1) is 0 Å². The van der Waals surface area contributed by atoms with Gasteiger partial charge in [-0.05, 0) is 0 Å². The molecule has 0 amide bonds. The van der Waals surface area contributed by atoms with Crippen LogP contribution in [0.5, 0.6) is 0 Å². The van der Waals surface area contributed by atoms with Gasteiger partial charge in [-0.25, -0.2) is 9.97 Å². The summed E-state index contributed by atoms with van der Waals surface area (Å²) in [5.41, 5.74) is 7.84. The Morgan fingerprint density at radius 1 is 1.47 bits per heavy atom. The fraction of sp³-hybridized carbons (Fsp3) is 0.455. The number of aromatic nitrogens is 3. The molecule has 4 atom stereocenters. The number of nitrogens with two attached hydrogens (primary N) is 1. The number of fused-ring (bicyclic) bond motifs is 1. The lowest BCUT2D eigenvalue weighted by Gasteiger charge is -2.12. The molecule has 7 nitrogen and oxygen atoms in total. The monoisotopic (exact) mass is 328 g/mol. The van der Waals surface area contributed by atoms with Crippen LogP contribution in [-0.2, 0) is 4.74 Å². The molecule has 0 unspecified atom stereocenters. The molecule has 2 aromatic rings. The first-order valence-electron chi connectivity index (χ1n) is 5.79. The number of hydrogen-bond acceptors (Lipinski definition) is 6. The van der Waals surface area contributed by atoms with E-state index < -0.39 is 18.3 Å². The number of halogens is 1. The van der Waals surface area contributed by atoms with E-state index >= 15 is 0 Å². The molecule has 2 aromatic heterocycles. The average molecular weight is 329 g/mol. The Kier molecular flexibility index (Phi) is 3.17. The lowest BCUT2D eigenvalue weighted by molar-refractivity contribution is -0.0222. The number of aromatic amines is 1. The number of nitrogens with one attached hydrogen (secondary N) is 1. The van der Waals surface area contributed by atoms with Crippen LogP contribution in [0.15, 0.2) is 12.5 Å². The van der Waals surface area contributed by atoms with Crippen LogP contribution in [0.4, 0.5) is 5.82 Å². The van der Waals surface area contributed by atoms with Crippen molar-refractivity contribution in [3.8, 4) is 0 Å². The minimum Gasteiger partial charge on any atom is -0.394 e. The first-order valence-corrected chi connectivity index (χ1v) is 6.71. The Morgan fingerprint density at radius 3 is 2.95 bits per heavy atom. The summed E-state index contributed by atoms with van der Waals surface area (Å²) in [5, 5.41) is 19.1. The van der Waals surface area contributed by atoms with Crippen LogP contribution in [0.3, 0.4) is 0 Å². The number of ether oxygens (including phenoxy) is 1. The number of aliphatic hydroxyl groups excluding tert-OH is 2. The Balaban J connectivity index is 2.04. The predicted octanol–water partition coefficient (Wildman–Crippen LogP) is 0.0967. The van der Waals surface area contributed by atoms with E-state index in [4.69, 9.17) is 15.6 Å². The highest BCUT2D eigenvalue weighted by atomic mass is 79.9. The molecule has 0 bridgehead atoms. The fourth-order valence-corrected chi connectivity index (χ4v) is 3.07. The first-order chi connectivity index (χ1) is 9.13. The first kappa shape index (κ1) is 12.8. The van der Waals surface area contributed by atoms with E-state index in [0.29, 0.717) is 16.9 Å². The summed E-state index contributed by atoms with van der Waals surface area (Å²) in [6.45, 7) is -0.237. The summed E-state index contributed by atoms with van der Waals surface area (Å²) < 4.78 is 5.66. The summed E-state index contributed by atoms with van der Waals surface area (Å²) in [6, 6.07) is 0. The highest BCUT2D eigenvalue weighted by Gasteiger charge is 2.43. The molecule has 3 heterocycles. The van der Waals surface area contributed by atoms with Gasteiger partial charge in [0.2, 0.25) is 0 Å². The second-order valence-electron chi connectivity index (χ2n) is 4.44. The van der Waals surface area contributed by atoms with Crippen molar-refractivity contribution >= 4 is 32.8 Å². The minimum atomic E-state index is -0.779. The molecule has 0 spiro atoms. The van der Waals surface area contributed by atoms with E-state index in [-0.39, 0.29) is 11.4 Å². The molecule has 1 aliphatic heterocycles. The van der Waals surface area contributed by atoms with Crippen molar-refractivity contribution in [1.82, 2.24) is 15.0 Å². The highest BCUT2D eigenvalue weighted by Crippen LogP contribution is 2.40. The van der Waals surface area contributed by atoms with Gasteiger partial charge in [0.1, 0.15) is 24.1 Å². The largest absolute Gasteiger partial charge is 0.394 e. The Labute approximate surface area is 116 Å². The predicted molar refractivity (Wildman–Crippen MR) is 71.7 cm³/mol. The van der Waals surface area contributed by atoms with E-state index in [1.165, 1.54) is 6.33 Å². The second kappa shape index (κ2) is 4.71. The van der Waals surface area contributed by atoms with Crippen LogP contribution in [-0.4, -0.2) is 48.8 Å². The topological polar surface area (TPSA) is 117 Å². The number of nitrogens with zero attached hydrogens (tertiary/aromatic N) is 2. The summed E-state index contributed by atoms with van der Waals surface area (Å²) in [4.78, 5) is 10.8. The van der Waals surface area contributed by atoms with Gasteiger partial charge < -0.3 is 25.7 Å². The fourth-order valence-electron chi connectivity index (χ4n) is 2.32. The Hall–Kier alpha value is -1.22. The highest BCUT2D eigenvalue weighted by molar-refractivity contribution is 9.09. The van der Waals surface area contributed by atoms with Crippen molar-refractivity contribution < 1.29 is 14.9 Å². The normalized spacial score (nSPS) is 31.1. The summed E-state index contributed by atoms with van der Waals surface area (Å²) in [7, 11) is 0. The molecule has 1 aliphatic rings. The zero-order valence-corrected chi connectivity index (χ0v) is 11.4. The number of aliphatic hydroxyl groups is 2. The maximum absolute atomic E-state index is 9.95. The summed E-state index contributed by atoms with van der Waals surface area (Å²) in [5.74, 6) is 0.361. The number of rotatable bonds is 2. The molecule has 19 heavy (non-hydrogen) atoms. The van der Waals surface area contributed by atoms with Gasteiger partial charge in [-0.1, -0.05) is 15.9 Å². The molecule has 102 valence electrons. The van der Waals surface area contributed by atoms with Crippen LogP contribution in [0.25, 0.3) is 11.0 Å². The Morgan fingerprint density at radius 2 is 2.26 bits per heavy atom. The maximum atomic E-state index is 9.95. The molecule has 1 saturated heterocycles. The van der Waals surface area contributed by atoms with Crippen LogP contribution < -0.4 is 5.73 Å². The summed E-state index contributed by atoms with van der Waals surface area (Å²) >= 11 is 3.40. The molecule has 0 aromatic carbocycles. The molecule has 0 aliphatic carbocycles. The van der Waals surface area contributed by atoms with Crippen molar-refractivity contribution in [1.29, 1.82) is 0 Å². The smallest absolute Gasteiger partial charge is 0.151 e. The van der Waals surface area contributed by atoms with Crippen molar-refractivity contribution in [3.63, 3.8) is 0 Å². The zero-order valence-electron chi connectivity index (χ0n) is 9.82. The van der Waals surface area contributed by atoms with Crippen molar-refractivity contribution in [2.24, 2.45) is 0 Å². The van der Waals surface area contributed by atoms with Gasteiger partial charge in [0.15, 0.2) is 5.82 Å². The number of H-pyrrole nitrogens is 1. The lowest BCUT2D eigenvalue weighted by Crippen LogP contribution is -2.29. The van der Waals surface area contributed by atoms with E-state index in [1.54, 1.807) is 6.20 Å². The molecule has 1 fully saturated rings. The van der Waals surface area contributed by atoms with E-state index in [0.717, 1.165) is 5.56 Å². The van der Waals surface area contributed by atoms with Gasteiger partial charge in [-0.3, -0.25) is 0 Å². The van der Waals surface area contributed by atoms with Crippen LogP contribution >= 0.6 is 15.9 Å².